The number of hydrogen-bond acceptors (Lipinski definition) is 4. The first-order valence-electron chi connectivity index (χ1n) is 10.8. The molecule has 2 aromatic rings. The quantitative estimate of drug-likeness (QED) is 0.706. The molecule has 2 N–H and O–H groups in total. The van der Waals surface area contributed by atoms with Crippen molar-refractivity contribution in [3.8, 4) is 0 Å². The first-order valence-corrected chi connectivity index (χ1v) is 10.8. The Hall–Kier alpha value is -1.72. The Balaban J connectivity index is 2.00. The lowest BCUT2D eigenvalue weighted by Gasteiger charge is -2.31. The van der Waals surface area contributed by atoms with Gasteiger partial charge in [0, 0.05) is 13.1 Å². The minimum atomic E-state index is -0.382. The van der Waals surface area contributed by atoms with Gasteiger partial charge in [0.1, 0.15) is 0 Å². The van der Waals surface area contributed by atoms with Crippen LogP contribution in [-0.4, -0.2) is 52.0 Å². The molecule has 0 amide bonds. The molecule has 0 unspecified atom stereocenters. The van der Waals surface area contributed by atoms with Gasteiger partial charge in [-0.1, -0.05) is 88.4 Å². The van der Waals surface area contributed by atoms with Gasteiger partial charge in [0.2, 0.25) is 0 Å². The highest BCUT2D eigenvalue weighted by atomic mass is 16.3. The van der Waals surface area contributed by atoms with Crippen molar-refractivity contribution in [1.82, 2.24) is 9.80 Å². The van der Waals surface area contributed by atoms with E-state index in [-0.39, 0.29) is 36.1 Å². The van der Waals surface area contributed by atoms with Crippen molar-refractivity contribution in [2.24, 2.45) is 11.8 Å². The predicted molar refractivity (Wildman–Crippen MR) is 118 cm³/mol. The van der Waals surface area contributed by atoms with Crippen LogP contribution in [0.3, 0.4) is 0 Å². The first kappa shape index (κ1) is 22.0. The average molecular weight is 397 g/mol. The van der Waals surface area contributed by atoms with Crippen LogP contribution in [-0.2, 0) is 0 Å². The summed E-state index contributed by atoms with van der Waals surface area (Å²) in [5.41, 5.74) is 2.50. The van der Waals surface area contributed by atoms with Gasteiger partial charge < -0.3 is 10.2 Å². The first-order chi connectivity index (χ1) is 13.9. The molecule has 158 valence electrons. The van der Waals surface area contributed by atoms with E-state index in [2.05, 4.69) is 86.0 Å². The Bertz CT molecular complexity index is 672. The minimum absolute atomic E-state index is 0.131. The second kappa shape index (κ2) is 9.86. The van der Waals surface area contributed by atoms with Gasteiger partial charge in [-0.3, -0.25) is 9.80 Å². The summed E-state index contributed by atoms with van der Waals surface area (Å²) in [6.07, 6.45) is -0.764. The zero-order chi connectivity index (χ0) is 21.0. The summed E-state index contributed by atoms with van der Waals surface area (Å²) in [6.45, 7) is 10.2. The lowest BCUT2D eigenvalue weighted by Crippen LogP contribution is -2.38. The summed E-state index contributed by atoms with van der Waals surface area (Å²) >= 11 is 0. The van der Waals surface area contributed by atoms with Gasteiger partial charge in [0.15, 0.2) is 0 Å². The van der Waals surface area contributed by atoms with Crippen LogP contribution in [0.15, 0.2) is 60.7 Å². The van der Waals surface area contributed by atoms with E-state index < -0.39 is 0 Å². The fourth-order valence-corrected chi connectivity index (χ4v) is 4.14. The average Bonchev–Trinajstić information content (AvgIpc) is 3.06. The number of β-amino-alcohol motifs (C(OH)–C–C–N with tert-alkyl or cyclic N) is 2. The van der Waals surface area contributed by atoms with E-state index in [4.69, 9.17) is 0 Å². The fourth-order valence-electron chi connectivity index (χ4n) is 4.14. The standard InChI is InChI=1S/C25H36N2O2/c1-18(2)22(28)15-26-17-27(16-23(29)19(3)4)25(21-13-9-6-10-14-21)24(26)20-11-7-5-8-12-20/h5-14,18-19,22-25,28-29H,15-17H2,1-4H3/t22-,23-,24-,25-/m1/s1. The Morgan fingerprint density at radius 1 is 0.690 bits per heavy atom. The lowest BCUT2D eigenvalue weighted by molar-refractivity contribution is 0.0526. The monoisotopic (exact) mass is 396 g/mol. The molecule has 0 aromatic heterocycles. The summed E-state index contributed by atoms with van der Waals surface area (Å²) in [5.74, 6) is 0.411. The molecule has 1 fully saturated rings. The van der Waals surface area contributed by atoms with Gasteiger partial charge in [-0.25, -0.2) is 0 Å². The molecule has 1 heterocycles. The van der Waals surface area contributed by atoms with Gasteiger partial charge in [-0.15, -0.1) is 0 Å². The molecular formula is C25H36N2O2. The van der Waals surface area contributed by atoms with Crippen LogP contribution in [0.2, 0.25) is 0 Å². The Labute approximate surface area is 175 Å². The van der Waals surface area contributed by atoms with E-state index >= 15 is 0 Å². The third kappa shape index (κ3) is 5.26. The molecule has 0 aliphatic carbocycles. The molecule has 1 aliphatic heterocycles. The van der Waals surface area contributed by atoms with Crippen molar-refractivity contribution in [1.29, 1.82) is 0 Å². The molecule has 4 nitrogen and oxygen atoms in total. The van der Waals surface area contributed by atoms with Crippen LogP contribution in [0.1, 0.15) is 50.9 Å². The maximum atomic E-state index is 10.7. The molecule has 29 heavy (non-hydrogen) atoms. The molecule has 0 spiro atoms. The normalized spacial score (nSPS) is 23.0. The second-order valence-corrected chi connectivity index (χ2v) is 9.02. The van der Waals surface area contributed by atoms with E-state index in [1.807, 2.05) is 12.1 Å². The van der Waals surface area contributed by atoms with E-state index in [0.717, 1.165) is 6.67 Å². The van der Waals surface area contributed by atoms with Crippen molar-refractivity contribution >= 4 is 0 Å². The van der Waals surface area contributed by atoms with E-state index in [1.165, 1.54) is 11.1 Å². The molecule has 0 radical (unpaired) electrons. The number of benzene rings is 2. The van der Waals surface area contributed by atoms with Crippen molar-refractivity contribution in [2.75, 3.05) is 19.8 Å². The molecule has 0 bridgehead atoms. The third-order valence-electron chi connectivity index (χ3n) is 6.11. The molecule has 4 heteroatoms. The maximum Gasteiger partial charge on any atom is 0.0690 e. The Kier molecular flexibility index (Phi) is 7.47. The number of nitrogens with zero attached hydrogens (tertiary/aromatic N) is 2. The highest BCUT2D eigenvalue weighted by Gasteiger charge is 2.43. The summed E-state index contributed by atoms with van der Waals surface area (Å²) in [5, 5.41) is 21.3. The highest BCUT2D eigenvalue weighted by molar-refractivity contribution is 5.29. The summed E-state index contributed by atoms with van der Waals surface area (Å²) in [7, 11) is 0. The van der Waals surface area contributed by atoms with Gasteiger partial charge >= 0.3 is 0 Å². The predicted octanol–water partition coefficient (Wildman–Crippen LogP) is 4.08. The van der Waals surface area contributed by atoms with Crippen LogP contribution >= 0.6 is 0 Å². The van der Waals surface area contributed by atoms with Crippen molar-refractivity contribution in [3.05, 3.63) is 71.8 Å². The second-order valence-electron chi connectivity index (χ2n) is 9.02. The molecule has 0 saturated carbocycles. The number of hydrogen-bond donors (Lipinski definition) is 2. The highest BCUT2D eigenvalue weighted by Crippen LogP contribution is 2.44. The van der Waals surface area contributed by atoms with Crippen LogP contribution in [0.4, 0.5) is 0 Å². The molecule has 2 aromatic carbocycles. The van der Waals surface area contributed by atoms with E-state index in [1.54, 1.807) is 0 Å². The zero-order valence-electron chi connectivity index (χ0n) is 18.1. The van der Waals surface area contributed by atoms with Crippen LogP contribution in [0, 0.1) is 11.8 Å². The number of aliphatic hydroxyl groups is 2. The molecule has 1 aliphatic rings. The number of rotatable bonds is 8. The Morgan fingerprint density at radius 2 is 1.03 bits per heavy atom. The maximum absolute atomic E-state index is 10.7. The molecule has 1 saturated heterocycles. The van der Waals surface area contributed by atoms with Gasteiger partial charge in [0.05, 0.1) is 31.0 Å². The van der Waals surface area contributed by atoms with Crippen LogP contribution < -0.4 is 0 Å². The minimum Gasteiger partial charge on any atom is -0.392 e. The summed E-state index contributed by atoms with van der Waals surface area (Å²) in [6, 6.07) is 21.4. The van der Waals surface area contributed by atoms with E-state index in [9.17, 15) is 10.2 Å². The van der Waals surface area contributed by atoms with Gasteiger partial charge in [-0.2, -0.15) is 0 Å². The van der Waals surface area contributed by atoms with Crippen LogP contribution in [0.25, 0.3) is 0 Å². The zero-order valence-corrected chi connectivity index (χ0v) is 18.1. The van der Waals surface area contributed by atoms with Gasteiger partial charge in [0.25, 0.3) is 0 Å². The topological polar surface area (TPSA) is 46.9 Å². The number of aliphatic hydroxyl groups excluding tert-OH is 2. The van der Waals surface area contributed by atoms with Crippen molar-refractivity contribution in [3.63, 3.8) is 0 Å². The Morgan fingerprint density at radius 3 is 1.34 bits per heavy atom. The smallest absolute Gasteiger partial charge is 0.0690 e. The van der Waals surface area contributed by atoms with Gasteiger partial charge in [-0.05, 0) is 23.0 Å². The van der Waals surface area contributed by atoms with Crippen LogP contribution in [0.5, 0.6) is 0 Å². The summed E-state index contributed by atoms with van der Waals surface area (Å²) in [4.78, 5) is 4.76. The third-order valence-corrected chi connectivity index (χ3v) is 6.11. The molecule has 4 atom stereocenters. The lowest BCUT2D eigenvalue weighted by atomic mass is 9.92. The van der Waals surface area contributed by atoms with Crippen molar-refractivity contribution in [2.45, 2.75) is 52.0 Å². The molecule has 3 rings (SSSR count). The van der Waals surface area contributed by atoms with E-state index in [0.29, 0.717) is 13.1 Å². The molecular weight excluding hydrogens is 360 g/mol. The summed E-state index contributed by atoms with van der Waals surface area (Å²) < 4.78 is 0. The SMILES string of the molecule is CC(C)[C@H](O)CN1CN(C[C@@H](O)C(C)C)[C@H](c2ccccc2)[C@H]1c1ccccc1. The van der Waals surface area contributed by atoms with Crippen molar-refractivity contribution < 1.29 is 10.2 Å². The largest absolute Gasteiger partial charge is 0.392 e. The fraction of sp³-hybridized carbons (Fsp3) is 0.520.